The summed E-state index contributed by atoms with van der Waals surface area (Å²) in [6, 6.07) is 129. The standard InChI is InChI=1S/C50H30O.C26H15BrO.C24H17BO2.CH4/c1-2-13-32-28-36(25-24-31(32)12-1)48-42-21-8-6-19-40(42)47(41-20-7-9-22-43(41)48)35-15-11-14-33(29-35)34-26-27-46-45(30-34)49-39-18-5-3-16-37(39)38-17-4-10-23-44(38)50(49)51-46;27-18-7-5-6-16(14-18)17-12-13-24-23(15-17)25-21-10-3-1-8-19(21)20-9-2-4-11-22(20)26(25)28-24;26-25(27)24-21-11-5-3-9-19(21)23(20-10-4-6-12-22(20)24)18-14-13-16-7-1-2-8-17(16)15-18;/h1-30H;1-15H;1-15,26-27H;1H4. The van der Waals surface area contributed by atoms with E-state index in [1.165, 1.54) is 131 Å². The second-order valence-corrected chi connectivity index (χ2v) is 28.4. The normalized spacial score (nSPS) is 11.6. The number of rotatable bonds is 6. The van der Waals surface area contributed by atoms with Gasteiger partial charge in [-0.3, -0.25) is 0 Å². The summed E-state index contributed by atoms with van der Waals surface area (Å²) in [5.41, 5.74) is 16.3. The predicted octanol–water partition coefficient (Wildman–Crippen LogP) is 27.8. The van der Waals surface area contributed by atoms with Crippen LogP contribution in [-0.4, -0.2) is 17.2 Å². The highest BCUT2D eigenvalue weighted by molar-refractivity contribution is 9.10. The lowest BCUT2D eigenvalue weighted by Gasteiger charge is -2.18. The van der Waals surface area contributed by atoms with Crippen molar-refractivity contribution >= 4 is 180 Å². The molecule has 2 aromatic heterocycles. The van der Waals surface area contributed by atoms with Gasteiger partial charge in [-0.2, -0.15) is 0 Å². The smallest absolute Gasteiger partial charge is 0.455 e. The molecule has 0 saturated carbocycles. The van der Waals surface area contributed by atoms with Gasteiger partial charge in [-0.1, -0.05) is 333 Å². The lowest BCUT2D eigenvalue weighted by molar-refractivity contribution is 0.426. The van der Waals surface area contributed by atoms with Crippen LogP contribution in [0.4, 0.5) is 0 Å². The first-order valence-electron chi connectivity index (χ1n) is 35.9. The van der Waals surface area contributed by atoms with E-state index in [1.54, 1.807) is 0 Å². The van der Waals surface area contributed by atoms with Gasteiger partial charge in [0.1, 0.15) is 22.3 Å². The lowest BCUT2D eigenvalue weighted by Crippen LogP contribution is -2.31. The summed E-state index contributed by atoms with van der Waals surface area (Å²) in [6.45, 7) is 0. The average molecular weight is 1430 g/mol. The summed E-state index contributed by atoms with van der Waals surface area (Å²) >= 11 is 3.58. The molecular weight excluding hydrogens is 1370 g/mol. The van der Waals surface area contributed by atoms with Gasteiger partial charge in [-0.25, -0.2) is 0 Å². The molecule has 6 heteroatoms. The number of benzene rings is 20. The van der Waals surface area contributed by atoms with Crippen molar-refractivity contribution < 1.29 is 18.9 Å². The monoisotopic (exact) mass is 1430 g/mol. The number of hydrogen-bond donors (Lipinski definition) is 2. The van der Waals surface area contributed by atoms with E-state index in [1.807, 2.05) is 48.5 Å². The van der Waals surface area contributed by atoms with Gasteiger partial charge in [0.25, 0.3) is 0 Å². The molecule has 107 heavy (non-hydrogen) atoms. The fraction of sp³-hybridized carbons (Fsp3) is 0.00990. The third-order valence-electron chi connectivity index (χ3n) is 21.6. The van der Waals surface area contributed by atoms with Crippen molar-refractivity contribution in [2.45, 2.75) is 7.43 Å². The Labute approximate surface area is 626 Å². The van der Waals surface area contributed by atoms with Crippen LogP contribution < -0.4 is 5.46 Å². The van der Waals surface area contributed by atoms with E-state index in [9.17, 15) is 10.0 Å². The van der Waals surface area contributed by atoms with Crippen LogP contribution in [0.3, 0.4) is 0 Å². The Morgan fingerprint density at radius 3 is 0.907 bits per heavy atom. The Balaban J connectivity index is 0.000000118. The van der Waals surface area contributed by atoms with Crippen molar-refractivity contribution in [2.75, 3.05) is 0 Å². The minimum Gasteiger partial charge on any atom is -0.455 e. The number of hydrogen-bond acceptors (Lipinski definition) is 4. The SMILES string of the molecule is Brc1cccc(-c2ccc3oc4c5ccccc5c5ccccc5c4c3c2)c1.C.OB(O)c1c2ccccc2c(-c2ccc3ccccc3c2)c2ccccc12.c1cc(-c2ccc3oc4c5ccccc5c5ccccc5c4c3c2)cc(-c2c3ccccc3c(-c3ccc4ccccc4c3)c3ccccc23)c1. The number of fused-ring (bicyclic) bond motifs is 22. The van der Waals surface area contributed by atoms with Crippen molar-refractivity contribution in [1.82, 2.24) is 0 Å². The van der Waals surface area contributed by atoms with Crippen LogP contribution in [0.1, 0.15) is 7.43 Å². The second kappa shape index (κ2) is 26.6. The lowest BCUT2D eigenvalue weighted by atomic mass is 9.72. The maximum Gasteiger partial charge on any atom is 0.489 e. The van der Waals surface area contributed by atoms with Crippen LogP contribution in [0.5, 0.6) is 0 Å². The minimum absolute atomic E-state index is 0. The Bertz CT molecular complexity index is 7240. The second-order valence-electron chi connectivity index (χ2n) is 27.5. The van der Waals surface area contributed by atoms with Crippen LogP contribution in [0.25, 0.3) is 207 Å². The van der Waals surface area contributed by atoms with Gasteiger partial charge in [0, 0.05) is 36.8 Å². The van der Waals surface area contributed by atoms with E-state index in [0.717, 1.165) is 81.0 Å². The van der Waals surface area contributed by atoms with Gasteiger partial charge in [0.05, 0.1) is 0 Å². The predicted molar refractivity (Wildman–Crippen MR) is 460 cm³/mol. The Morgan fingerprint density at radius 2 is 0.505 bits per heavy atom. The largest absolute Gasteiger partial charge is 0.489 e. The Kier molecular flexibility index (Phi) is 16.2. The van der Waals surface area contributed by atoms with E-state index >= 15 is 0 Å². The topological polar surface area (TPSA) is 66.7 Å². The molecule has 0 aliphatic heterocycles. The zero-order chi connectivity index (χ0) is 70.5. The van der Waals surface area contributed by atoms with Gasteiger partial charge in [-0.15, -0.1) is 0 Å². The summed E-state index contributed by atoms with van der Waals surface area (Å²) < 4.78 is 14.1. The molecule has 22 rings (SSSR count). The van der Waals surface area contributed by atoms with Crippen LogP contribution in [0.2, 0.25) is 0 Å². The third-order valence-corrected chi connectivity index (χ3v) is 22.1. The molecule has 0 unspecified atom stereocenters. The van der Waals surface area contributed by atoms with E-state index in [-0.39, 0.29) is 7.43 Å². The zero-order valence-electron chi connectivity index (χ0n) is 57.3. The highest BCUT2D eigenvalue weighted by atomic mass is 79.9. The van der Waals surface area contributed by atoms with Crippen molar-refractivity contribution in [2.24, 2.45) is 0 Å². The molecule has 0 radical (unpaired) electrons. The third kappa shape index (κ3) is 11.0. The first kappa shape index (κ1) is 64.9. The molecule has 20 aromatic carbocycles. The van der Waals surface area contributed by atoms with Crippen LogP contribution in [0.15, 0.2) is 377 Å². The van der Waals surface area contributed by atoms with Crippen LogP contribution >= 0.6 is 15.9 Å². The highest BCUT2D eigenvalue weighted by Crippen LogP contribution is 2.48. The molecule has 0 atom stereocenters. The number of halogens is 1. The fourth-order valence-corrected chi connectivity index (χ4v) is 17.3. The van der Waals surface area contributed by atoms with Crippen LogP contribution in [-0.2, 0) is 0 Å². The number of furan rings is 2. The molecule has 0 aliphatic carbocycles. The van der Waals surface area contributed by atoms with Crippen molar-refractivity contribution in [1.29, 1.82) is 0 Å². The van der Waals surface area contributed by atoms with Gasteiger partial charge in [0.15, 0.2) is 0 Å². The average Bonchev–Trinajstić information content (AvgIpc) is 1.69. The molecule has 4 nitrogen and oxygen atoms in total. The molecule has 2 N–H and O–H groups in total. The molecule has 0 fully saturated rings. The zero-order valence-corrected chi connectivity index (χ0v) is 58.9. The van der Waals surface area contributed by atoms with Crippen LogP contribution in [0, 0.1) is 0 Å². The first-order valence-corrected chi connectivity index (χ1v) is 36.7. The molecule has 0 bridgehead atoms. The van der Waals surface area contributed by atoms with Gasteiger partial charge >= 0.3 is 7.12 Å². The molecule has 22 aromatic rings. The van der Waals surface area contributed by atoms with Gasteiger partial charge in [-0.05, 0) is 213 Å². The van der Waals surface area contributed by atoms with E-state index in [2.05, 4.69) is 331 Å². The van der Waals surface area contributed by atoms with Crippen molar-refractivity contribution in [3.8, 4) is 55.6 Å². The molecular formula is C101H66BBrO4. The molecule has 0 saturated heterocycles. The highest BCUT2D eigenvalue weighted by Gasteiger charge is 2.24. The first-order chi connectivity index (χ1) is 52.3. The summed E-state index contributed by atoms with van der Waals surface area (Å²) in [4.78, 5) is 0. The minimum atomic E-state index is -1.52. The fourth-order valence-electron chi connectivity index (χ4n) is 16.9. The van der Waals surface area contributed by atoms with Gasteiger partial charge in [0.2, 0.25) is 0 Å². The molecule has 0 spiro atoms. The molecule has 0 aliphatic rings. The van der Waals surface area contributed by atoms with Gasteiger partial charge < -0.3 is 18.9 Å². The van der Waals surface area contributed by atoms with E-state index < -0.39 is 7.12 Å². The van der Waals surface area contributed by atoms with Crippen molar-refractivity contribution in [3.63, 3.8) is 0 Å². The van der Waals surface area contributed by atoms with E-state index in [4.69, 9.17) is 8.83 Å². The Morgan fingerprint density at radius 1 is 0.215 bits per heavy atom. The van der Waals surface area contributed by atoms with E-state index in [0.29, 0.717) is 5.46 Å². The maximum absolute atomic E-state index is 10.1. The molecule has 2 heterocycles. The quantitative estimate of drug-likeness (QED) is 0.0989. The summed E-state index contributed by atoms with van der Waals surface area (Å²) in [5.74, 6) is 0. The summed E-state index contributed by atoms with van der Waals surface area (Å²) in [6.07, 6.45) is 0. The molecule has 504 valence electrons. The Hall–Kier alpha value is -12.9. The maximum atomic E-state index is 10.1. The van der Waals surface area contributed by atoms with Crippen molar-refractivity contribution in [3.05, 3.63) is 368 Å². The summed E-state index contributed by atoms with van der Waals surface area (Å²) in [7, 11) is -1.52. The summed E-state index contributed by atoms with van der Waals surface area (Å²) in [5, 5.41) is 48.3. The molecule has 0 amide bonds.